The summed E-state index contributed by atoms with van der Waals surface area (Å²) in [5.74, 6) is 1.25. The first-order valence-electron chi connectivity index (χ1n) is 7.46. The number of aromatic nitrogens is 3. The number of anilines is 3. The van der Waals surface area contributed by atoms with E-state index < -0.39 is 0 Å². The van der Waals surface area contributed by atoms with Crippen LogP contribution >= 0.6 is 0 Å². The number of carbonyl (C=O) groups is 1. The molecular formula is C13H23N7O. The molecule has 1 aromatic rings. The van der Waals surface area contributed by atoms with Crippen LogP contribution < -0.4 is 21.3 Å². The van der Waals surface area contributed by atoms with Crippen molar-refractivity contribution in [3.63, 3.8) is 0 Å². The first-order chi connectivity index (χ1) is 10.2. The van der Waals surface area contributed by atoms with Gasteiger partial charge in [0.05, 0.1) is 0 Å². The quantitative estimate of drug-likeness (QED) is 0.667. The third kappa shape index (κ3) is 4.73. The monoisotopic (exact) mass is 293 g/mol. The van der Waals surface area contributed by atoms with Crippen molar-refractivity contribution < 1.29 is 4.79 Å². The number of nitrogen functional groups attached to an aromatic ring is 1. The first-order valence-corrected chi connectivity index (χ1v) is 7.46. The average Bonchev–Trinajstić information content (AvgIpc) is 2.99. The summed E-state index contributed by atoms with van der Waals surface area (Å²) in [4.78, 5) is 26.2. The Labute approximate surface area is 124 Å². The molecule has 0 bridgehead atoms. The summed E-state index contributed by atoms with van der Waals surface area (Å²) < 4.78 is 0. The fraction of sp³-hybridized carbons (Fsp3) is 0.692. The summed E-state index contributed by atoms with van der Waals surface area (Å²) in [5.41, 5.74) is 5.72. The van der Waals surface area contributed by atoms with Crippen LogP contribution in [0.4, 0.5) is 17.8 Å². The van der Waals surface area contributed by atoms with E-state index in [1.54, 1.807) is 0 Å². The molecule has 1 amide bonds. The highest BCUT2D eigenvalue weighted by atomic mass is 16.1. The van der Waals surface area contributed by atoms with Crippen LogP contribution in [0.1, 0.15) is 32.6 Å². The van der Waals surface area contributed by atoms with Crippen molar-refractivity contribution in [3.8, 4) is 0 Å². The third-order valence-electron chi connectivity index (χ3n) is 3.24. The van der Waals surface area contributed by atoms with Crippen LogP contribution in [0.3, 0.4) is 0 Å². The maximum Gasteiger partial charge on any atom is 0.231 e. The topological polar surface area (TPSA) is 109 Å². The molecule has 2 heterocycles. The van der Waals surface area contributed by atoms with Gasteiger partial charge >= 0.3 is 0 Å². The Morgan fingerprint density at radius 1 is 1.24 bits per heavy atom. The van der Waals surface area contributed by atoms with E-state index in [1.165, 1.54) is 0 Å². The SMILES string of the molecule is CCCNC(=O)CCNc1nc(N)nc(N2CCCC2)n1. The van der Waals surface area contributed by atoms with E-state index in [0.29, 0.717) is 31.4 Å². The van der Waals surface area contributed by atoms with Gasteiger partial charge in [0.25, 0.3) is 0 Å². The van der Waals surface area contributed by atoms with Gasteiger partial charge in [-0.25, -0.2) is 0 Å². The van der Waals surface area contributed by atoms with Gasteiger partial charge in [0, 0.05) is 32.6 Å². The van der Waals surface area contributed by atoms with Gasteiger partial charge in [0.15, 0.2) is 0 Å². The van der Waals surface area contributed by atoms with Crippen molar-refractivity contribution >= 4 is 23.8 Å². The summed E-state index contributed by atoms with van der Waals surface area (Å²) in [7, 11) is 0. The highest BCUT2D eigenvalue weighted by Gasteiger charge is 2.16. The molecule has 1 aliphatic rings. The lowest BCUT2D eigenvalue weighted by Crippen LogP contribution is -2.26. The molecule has 0 spiro atoms. The predicted octanol–water partition coefficient (Wildman–Crippen LogP) is 0.382. The van der Waals surface area contributed by atoms with Crippen molar-refractivity contribution in [2.75, 3.05) is 42.1 Å². The van der Waals surface area contributed by atoms with Gasteiger partial charge in [-0.05, 0) is 19.3 Å². The number of hydrogen-bond donors (Lipinski definition) is 3. The lowest BCUT2D eigenvalue weighted by Gasteiger charge is -2.16. The van der Waals surface area contributed by atoms with Crippen LogP contribution in [0.2, 0.25) is 0 Å². The molecule has 4 N–H and O–H groups in total. The summed E-state index contributed by atoms with van der Waals surface area (Å²) >= 11 is 0. The van der Waals surface area contributed by atoms with Crippen molar-refractivity contribution in [1.29, 1.82) is 0 Å². The van der Waals surface area contributed by atoms with E-state index in [1.807, 2.05) is 6.92 Å². The fourth-order valence-corrected chi connectivity index (χ4v) is 2.16. The van der Waals surface area contributed by atoms with Gasteiger partial charge in [0.2, 0.25) is 23.8 Å². The number of nitrogens with zero attached hydrogens (tertiary/aromatic N) is 4. The standard InChI is InChI=1S/C13H23N7O/c1-2-6-15-10(21)5-7-16-12-17-11(14)18-13(19-12)20-8-3-4-9-20/h2-9H2,1H3,(H,15,21)(H3,14,16,17,18,19). The third-order valence-corrected chi connectivity index (χ3v) is 3.24. The van der Waals surface area contributed by atoms with Crippen LogP contribution in [-0.2, 0) is 4.79 Å². The number of carbonyl (C=O) groups excluding carboxylic acids is 1. The lowest BCUT2D eigenvalue weighted by atomic mass is 10.4. The molecule has 1 saturated heterocycles. The Hall–Kier alpha value is -2.12. The fourth-order valence-electron chi connectivity index (χ4n) is 2.16. The Kier molecular flexibility index (Phi) is 5.53. The maximum absolute atomic E-state index is 11.5. The Bertz CT molecular complexity index is 474. The van der Waals surface area contributed by atoms with Crippen molar-refractivity contribution in [2.24, 2.45) is 0 Å². The van der Waals surface area contributed by atoms with Crippen LogP contribution in [0, 0.1) is 0 Å². The van der Waals surface area contributed by atoms with E-state index in [2.05, 4.69) is 30.5 Å². The molecule has 0 unspecified atom stereocenters. The maximum atomic E-state index is 11.5. The normalized spacial score (nSPS) is 14.2. The number of hydrogen-bond acceptors (Lipinski definition) is 7. The van der Waals surface area contributed by atoms with Gasteiger partial charge in [-0.1, -0.05) is 6.92 Å². The number of nitrogens with one attached hydrogen (secondary N) is 2. The zero-order valence-electron chi connectivity index (χ0n) is 12.4. The molecular weight excluding hydrogens is 270 g/mol. The predicted molar refractivity (Wildman–Crippen MR) is 82.1 cm³/mol. The van der Waals surface area contributed by atoms with Crippen molar-refractivity contribution in [2.45, 2.75) is 32.6 Å². The minimum atomic E-state index is 0.0196. The van der Waals surface area contributed by atoms with E-state index >= 15 is 0 Å². The van der Waals surface area contributed by atoms with Crippen LogP contribution in [0.5, 0.6) is 0 Å². The molecule has 2 rings (SSSR count). The molecule has 1 fully saturated rings. The molecule has 0 aliphatic carbocycles. The highest BCUT2D eigenvalue weighted by molar-refractivity contribution is 5.76. The summed E-state index contributed by atoms with van der Waals surface area (Å²) in [5, 5.41) is 5.85. The molecule has 8 heteroatoms. The molecule has 116 valence electrons. The molecule has 1 aromatic heterocycles. The number of amides is 1. The molecule has 0 saturated carbocycles. The van der Waals surface area contributed by atoms with Gasteiger partial charge in [0.1, 0.15) is 0 Å². The summed E-state index contributed by atoms with van der Waals surface area (Å²) in [6.07, 6.45) is 3.60. The van der Waals surface area contributed by atoms with Gasteiger partial charge in [-0.3, -0.25) is 4.79 Å². The number of rotatable bonds is 7. The minimum absolute atomic E-state index is 0.0196. The largest absolute Gasteiger partial charge is 0.368 e. The van der Waals surface area contributed by atoms with Crippen molar-refractivity contribution in [3.05, 3.63) is 0 Å². The van der Waals surface area contributed by atoms with Gasteiger partial charge < -0.3 is 21.3 Å². The number of nitrogens with two attached hydrogens (primary N) is 1. The second-order valence-electron chi connectivity index (χ2n) is 5.04. The van der Waals surface area contributed by atoms with E-state index in [9.17, 15) is 4.79 Å². The summed E-state index contributed by atoms with van der Waals surface area (Å²) in [6.45, 7) is 5.09. The van der Waals surface area contributed by atoms with Gasteiger partial charge in [-0.2, -0.15) is 15.0 Å². The average molecular weight is 293 g/mol. The smallest absolute Gasteiger partial charge is 0.231 e. The Balaban J connectivity index is 1.86. The second-order valence-corrected chi connectivity index (χ2v) is 5.04. The van der Waals surface area contributed by atoms with E-state index in [-0.39, 0.29) is 11.9 Å². The second kappa shape index (κ2) is 7.61. The molecule has 1 aliphatic heterocycles. The van der Waals surface area contributed by atoms with Crippen LogP contribution in [0.15, 0.2) is 0 Å². The van der Waals surface area contributed by atoms with E-state index in [0.717, 1.165) is 32.4 Å². The molecule has 8 nitrogen and oxygen atoms in total. The molecule has 0 atom stereocenters. The Morgan fingerprint density at radius 2 is 2.00 bits per heavy atom. The molecule has 0 aromatic carbocycles. The zero-order valence-corrected chi connectivity index (χ0v) is 12.4. The zero-order chi connectivity index (χ0) is 15.1. The molecule has 21 heavy (non-hydrogen) atoms. The highest BCUT2D eigenvalue weighted by Crippen LogP contribution is 2.17. The van der Waals surface area contributed by atoms with Crippen LogP contribution in [0.25, 0.3) is 0 Å². The van der Waals surface area contributed by atoms with Gasteiger partial charge in [-0.15, -0.1) is 0 Å². The van der Waals surface area contributed by atoms with E-state index in [4.69, 9.17) is 5.73 Å². The van der Waals surface area contributed by atoms with Crippen molar-refractivity contribution in [1.82, 2.24) is 20.3 Å². The Morgan fingerprint density at radius 3 is 2.71 bits per heavy atom. The molecule has 0 radical (unpaired) electrons. The first kappa shape index (κ1) is 15.3. The minimum Gasteiger partial charge on any atom is -0.368 e. The lowest BCUT2D eigenvalue weighted by molar-refractivity contribution is -0.120. The van der Waals surface area contributed by atoms with Crippen LogP contribution in [-0.4, -0.2) is 47.0 Å². The summed E-state index contributed by atoms with van der Waals surface area (Å²) in [6, 6.07) is 0.